The van der Waals surface area contributed by atoms with Crippen molar-refractivity contribution >= 4 is 33.5 Å². The number of hydrogen-bond acceptors (Lipinski definition) is 5. The Morgan fingerprint density at radius 3 is 2.37 bits per heavy atom. The van der Waals surface area contributed by atoms with Crippen LogP contribution in [0.3, 0.4) is 0 Å². The first kappa shape index (κ1) is 14.1. The molecule has 6 heteroatoms. The Morgan fingerprint density at radius 1 is 1.16 bits per heavy atom. The molecular weight excluding hydrogens is 326 g/mol. The molecule has 100 valence electrons. The summed E-state index contributed by atoms with van der Waals surface area (Å²) in [7, 11) is 0. The number of aromatic nitrogens is 2. The van der Waals surface area contributed by atoms with Crippen LogP contribution < -0.4 is 10.5 Å². The highest BCUT2D eigenvalue weighted by Crippen LogP contribution is 2.29. The molecule has 1 heterocycles. The lowest BCUT2D eigenvalue weighted by Crippen LogP contribution is -1.97. The van der Waals surface area contributed by atoms with Crippen LogP contribution in [-0.4, -0.2) is 16.2 Å². The van der Waals surface area contributed by atoms with E-state index in [1.807, 2.05) is 32.2 Å². The van der Waals surface area contributed by atoms with Crippen LogP contribution >= 0.6 is 27.7 Å². The van der Waals surface area contributed by atoms with E-state index < -0.39 is 0 Å². The molecule has 0 unspecified atom stereocenters. The number of thioether (sulfide) groups is 1. The molecule has 0 spiro atoms. The number of nitrogen functional groups attached to an aromatic ring is 1. The van der Waals surface area contributed by atoms with Crippen molar-refractivity contribution in [2.45, 2.75) is 19.0 Å². The molecule has 0 radical (unpaired) electrons. The lowest BCUT2D eigenvalue weighted by atomic mass is 10.1. The molecule has 2 aromatic rings. The maximum absolute atomic E-state index is 5.75. The van der Waals surface area contributed by atoms with Gasteiger partial charge < -0.3 is 10.5 Å². The van der Waals surface area contributed by atoms with Crippen LogP contribution in [-0.2, 0) is 0 Å². The van der Waals surface area contributed by atoms with Crippen molar-refractivity contribution in [3.05, 3.63) is 33.8 Å². The van der Waals surface area contributed by atoms with Crippen LogP contribution in [0.15, 0.2) is 27.8 Å². The second-order valence-corrected chi connectivity index (χ2v) is 5.66. The molecule has 0 aliphatic rings. The van der Waals surface area contributed by atoms with Crippen molar-refractivity contribution in [1.82, 2.24) is 9.97 Å². The van der Waals surface area contributed by atoms with Gasteiger partial charge in [-0.1, -0.05) is 27.7 Å². The maximum Gasteiger partial charge on any atom is 0.225 e. The van der Waals surface area contributed by atoms with Gasteiger partial charge in [-0.25, -0.2) is 4.98 Å². The van der Waals surface area contributed by atoms with Gasteiger partial charge in [0, 0.05) is 10.5 Å². The lowest BCUT2D eigenvalue weighted by molar-refractivity contribution is 0.455. The molecule has 0 aliphatic heterocycles. The van der Waals surface area contributed by atoms with Gasteiger partial charge in [0.25, 0.3) is 0 Å². The first-order valence-electron chi connectivity index (χ1n) is 5.62. The largest absolute Gasteiger partial charge is 0.439 e. The van der Waals surface area contributed by atoms with E-state index in [0.717, 1.165) is 21.3 Å². The average molecular weight is 340 g/mol. The van der Waals surface area contributed by atoms with Crippen molar-refractivity contribution in [2.24, 2.45) is 0 Å². The second-order valence-electron chi connectivity index (χ2n) is 4.09. The van der Waals surface area contributed by atoms with Crippen LogP contribution in [0.5, 0.6) is 11.6 Å². The normalized spacial score (nSPS) is 10.5. The predicted molar refractivity (Wildman–Crippen MR) is 81.9 cm³/mol. The molecule has 1 aromatic heterocycles. The van der Waals surface area contributed by atoms with Gasteiger partial charge in [0.15, 0.2) is 5.16 Å². The number of ether oxygens (including phenoxy) is 1. The Labute approximate surface area is 124 Å². The molecule has 0 atom stereocenters. The smallest absolute Gasteiger partial charge is 0.225 e. The lowest BCUT2D eigenvalue weighted by Gasteiger charge is -2.10. The highest BCUT2D eigenvalue weighted by molar-refractivity contribution is 9.10. The Morgan fingerprint density at radius 2 is 1.79 bits per heavy atom. The topological polar surface area (TPSA) is 61.0 Å². The number of nitrogens with two attached hydrogens (primary N) is 1. The molecular formula is C13H14BrN3OS. The van der Waals surface area contributed by atoms with Gasteiger partial charge in [-0.2, -0.15) is 4.98 Å². The Balaban J connectivity index is 2.33. The highest BCUT2D eigenvalue weighted by Gasteiger charge is 2.07. The van der Waals surface area contributed by atoms with Gasteiger partial charge in [0.05, 0.1) is 0 Å². The summed E-state index contributed by atoms with van der Waals surface area (Å²) >= 11 is 4.96. The average Bonchev–Trinajstić information content (AvgIpc) is 2.35. The molecule has 1 aromatic carbocycles. The Hall–Kier alpha value is -1.27. The molecule has 0 bridgehead atoms. The van der Waals surface area contributed by atoms with Gasteiger partial charge in [-0.3, -0.25) is 0 Å². The van der Waals surface area contributed by atoms with Crippen LogP contribution in [0.1, 0.15) is 11.1 Å². The third-order valence-corrected chi connectivity index (χ3v) is 4.32. The van der Waals surface area contributed by atoms with Gasteiger partial charge in [0.1, 0.15) is 11.6 Å². The van der Waals surface area contributed by atoms with Gasteiger partial charge >= 0.3 is 0 Å². The minimum atomic E-state index is 0.403. The number of anilines is 1. The van der Waals surface area contributed by atoms with Gasteiger partial charge in [-0.15, -0.1) is 0 Å². The van der Waals surface area contributed by atoms with E-state index in [0.29, 0.717) is 16.9 Å². The van der Waals surface area contributed by atoms with Gasteiger partial charge in [0.2, 0.25) is 5.88 Å². The molecule has 2 N–H and O–H groups in total. The standard InChI is InChI=1S/C13H14BrN3OS/c1-7-4-9(5-8(2)12(7)14)18-11-6-10(15)16-13(17-11)19-3/h4-6H,1-3H3,(H2,15,16,17). The quantitative estimate of drug-likeness (QED) is 0.677. The minimum absolute atomic E-state index is 0.403. The maximum atomic E-state index is 5.75. The summed E-state index contributed by atoms with van der Waals surface area (Å²) in [6.07, 6.45) is 1.90. The van der Waals surface area contributed by atoms with E-state index in [1.54, 1.807) is 6.07 Å². The summed E-state index contributed by atoms with van der Waals surface area (Å²) in [5, 5.41) is 0.598. The summed E-state index contributed by atoms with van der Waals surface area (Å²) in [6, 6.07) is 5.52. The molecule has 19 heavy (non-hydrogen) atoms. The van der Waals surface area contributed by atoms with Crippen molar-refractivity contribution < 1.29 is 4.74 Å². The Bertz CT molecular complexity index is 596. The first-order chi connectivity index (χ1) is 8.99. The van der Waals surface area contributed by atoms with E-state index in [-0.39, 0.29) is 0 Å². The summed E-state index contributed by atoms with van der Waals surface area (Å²) in [6.45, 7) is 4.04. The zero-order chi connectivity index (χ0) is 14.0. The summed E-state index contributed by atoms with van der Waals surface area (Å²) in [5.74, 6) is 1.60. The predicted octanol–water partition coefficient (Wildman–Crippen LogP) is 3.95. The van der Waals surface area contributed by atoms with Crippen molar-refractivity contribution in [1.29, 1.82) is 0 Å². The highest BCUT2D eigenvalue weighted by atomic mass is 79.9. The summed E-state index contributed by atoms with van der Waals surface area (Å²) in [5.41, 5.74) is 7.95. The number of halogens is 1. The Kier molecular flexibility index (Phi) is 4.31. The van der Waals surface area contributed by atoms with E-state index >= 15 is 0 Å². The fourth-order valence-electron chi connectivity index (χ4n) is 1.65. The number of hydrogen-bond donors (Lipinski definition) is 1. The molecule has 0 saturated heterocycles. The van der Waals surface area contributed by atoms with Crippen molar-refractivity contribution in [3.63, 3.8) is 0 Å². The van der Waals surface area contributed by atoms with Crippen LogP contribution in [0.25, 0.3) is 0 Å². The second kappa shape index (κ2) is 5.79. The molecule has 0 saturated carbocycles. The molecule has 0 aliphatic carbocycles. The van der Waals surface area contributed by atoms with E-state index in [2.05, 4.69) is 25.9 Å². The molecule has 2 rings (SSSR count). The summed E-state index contributed by atoms with van der Waals surface area (Å²) in [4.78, 5) is 8.35. The van der Waals surface area contributed by atoms with E-state index in [9.17, 15) is 0 Å². The van der Waals surface area contributed by atoms with Crippen LogP contribution in [0, 0.1) is 13.8 Å². The van der Waals surface area contributed by atoms with Crippen molar-refractivity contribution in [3.8, 4) is 11.6 Å². The number of nitrogens with zero attached hydrogens (tertiary/aromatic N) is 2. The van der Waals surface area contributed by atoms with Crippen molar-refractivity contribution in [2.75, 3.05) is 12.0 Å². The third kappa shape index (κ3) is 3.39. The molecule has 4 nitrogen and oxygen atoms in total. The number of benzene rings is 1. The number of aryl methyl sites for hydroxylation is 2. The monoisotopic (exact) mass is 339 g/mol. The summed E-state index contributed by atoms with van der Waals surface area (Å²) < 4.78 is 6.84. The fraction of sp³-hybridized carbons (Fsp3) is 0.231. The SMILES string of the molecule is CSc1nc(N)cc(Oc2cc(C)c(Br)c(C)c2)n1. The zero-order valence-electron chi connectivity index (χ0n) is 10.9. The third-order valence-electron chi connectivity index (χ3n) is 2.52. The zero-order valence-corrected chi connectivity index (χ0v) is 13.3. The fourth-order valence-corrected chi connectivity index (χ4v) is 2.26. The minimum Gasteiger partial charge on any atom is -0.439 e. The van der Waals surface area contributed by atoms with Gasteiger partial charge in [-0.05, 0) is 43.4 Å². The molecule has 0 amide bonds. The van der Waals surface area contributed by atoms with Crippen LogP contribution in [0.4, 0.5) is 5.82 Å². The first-order valence-corrected chi connectivity index (χ1v) is 7.64. The molecule has 0 fully saturated rings. The van der Waals surface area contributed by atoms with E-state index in [1.165, 1.54) is 11.8 Å². The van der Waals surface area contributed by atoms with Crippen LogP contribution in [0.2, 0.25) is 0 Å². The number of rotatable bonds is 3. The van der Waals surface area contributed by atoms with E-state index in [4.69, 9.17) is 10.5 Å².